The monoisotopic (exact) mass is 632 g/mol. The molecule has 5 rings (SSSR count). The SMILES string of the molecule is COC(=O)C1C(C)N(c2cccc(C(F)(F)F)c2)C2NNC(=O)N2[C@H]1c1ccc(C#N)cc1C[N+]1(C)CCC(O)CC1.O=C[O-]. The molecule has 0 spiro atoms. The Bertz CT molecular complexity index is 1460. The molecular weight excluding hydrogens is 597 g/mol. The largest absolute Gasteiger partial charge is 0.554 e. The molecule has 45 heavy (non-hydrogen) atoms. The number of ether oxygens (including phenoxy) is 1. The Labute approximate surface area is 258 Å². The second-order valence-electron chi connectivity index (χ2n) is 11.6. The summed E-state index contributed by atoms with van der Waals surface area (Å²) in [6.07, 6.45) is -4.63. The molecule has 12 nitrogen and oxygen atoms in total. The number of likely N-dealkylation sites (tertiary alicyclic amines) is 1. The van der Waals surface area contributed by atoms with Crippen molar-refractivity contribution in [3.8, 4) is 6.07 Å². The van der Waals surface area contributed by atoms with Gasteiger partial charge in [0.25, 0.3) is 0 Å². The van der Waals surface area contributed by atoms with Gasteiger partial charge in [0, 0.05) is 36.6 Å². The van der Waals surface area contributed by atoms with Crippen LogP contribution in [0.5, 0.6) is 0 Å². The highest BCUT2D eigenvalue weighted by Gasteiger charge is 2.55. The molecule has 242 valence electrons. The smallest absolute Gasteiger partial charge is 0.416 e. The van der Waals surface area contributed by atoms with E-state index in [0.717, 1.165) is 17.7 Å². The molecule has 3 N–H and O–H groups in total. The number of carboxylic acid groups (broad SMARTS) is 1. The Morgan fingerprint density at radius 2 is 1.89 bits per heavy atom. The average Bonchev–Trinajstić information content (AvgIpc) is 3.38. The Hall–Kier alpha value is -4.39. The van der Waals surface area contributed by atoms with Gasteiger partial charge in [-0.25, -0.2) is 4.79 Å². The number of hydrazine groups is 1. The number of hydrogen-bond donors (Lipinski definition) is 3. The molecule has 0 saturated carbocycles. The number of benzene rings is 2. The van der Waals surface area contributed by atoms with Crippen LogP contribution in [0, 0.1) is 17.2 Å². The van der Waals surface area contributed by atoms with Gasteiger partial charge in [0.15, 0.2) is 6.29 Å². The van der Waals surface area contributed by atoms with E-state index in [0.29, 0.717) is 48.1 Å². The van der Waals surface area contributed by atoms with Crippen LogP contribution in [0.25, 0.3) is 0 Å². The maximum atomic E-state index is 13.6. The molecular formula is C30H35F3N6O6. The molecule has 0 bridgehead atoms. The van der Waals surface area contributed by atoms with Gasteiger partial charge in [0.2, 0.25) is 0 Å². The number of rotatable bonds is 5. The first-order valence-corrected chi connectivity index (χ1v) is 14.3. The standard InChI is InChI=1S/C29H33F3N6O4.CH2O2/c1-17-24(26(40)42-3)25(23-8-7-18(15-33)13-19(23)16-38(2)11-9-22(39)10-12-38)37-27(34-35-28(37)41)36(17)21-6-4-5-20(14-21)29(30,31)32;2-1-3/h4-8,13-14,17,22,24-25,27,34,39H,9-12,16H2,1-3H3;1H,(H,2,3)/t17?,22?,24?,25-,27?,38?;/m0./s1. The minimum atomic E-state index is -4.59. The van der Waals surface area contributed by atoms with Crippen LogP contribution in [0.15, 0.2) is 42.5 Å². The van der Waals surface area contributed by atoms with Crippen LogP contribution in [0.2, 0.25) is 0 Å². The van der Waals surface area contributed by atoms with Gasteiger partial charge in [0.1, 0.15) is 12.5 Å². The first kappa shape index (κ1) is 33.5. The fourth-order valence-electron chi connectivity index (χ4n) is 6.56. The number of amides is 2. The summed E-state index contributed by atoms with van der Waals surface area (Å²) in [6, 6.07) is 9.93. The molecule has 3 aliphatic rings. The van der Waals surface area contributed by atoms with Gasteiger partial charge >= 0.3 is 18.2 Å². The van der Waals surface area contributed by atoms with Crippen LogP contribution in [0.4, 0.5) is 23.7 Å². The number of halogens is 3. The van der Waals surface area contributed by atoms with E-state index in [9.17, 15) is 33.1 Å². The molecule has 2 aromatic carbocycles. The molecule has 3 saturated heterocycles. The number of alkyl halides is 3. The number of esters is 1. The molecule has 3 heterocycles. The highest BCUT2D eigenvalue weighted by Crippen LogP contribution is 2.45. The highest BCUT2D eigenvalue weighted by molar-refractivity contribution is 5.82. The second kappa shape index (κ2) is 13.3. The van der Waals surface area contributed by atoms with Crippen LogP contribution in [-0.4, -0.2) is 78.6 Å². The Morgan fingerprint density at radius 3 is 2.49 bits per heavy atom. The van der Waals surface area contributed by atoms with E-state index >= 15 is 0 Å². The van der Waals surface area contributed by atoms with Crippen molar-refractivity contribution in [2.24, 2.45) is 5.92 Å². The number of hydrogen-bond acceptors (Lipinski definition) is 9. The van der Waals surface area contributed by atoms with E-state index in [4.69, 9.17) is 14.6 Å². The van der Waals surface area contributed by atoms with Crippen molar-refractivity contribution in [3.05, 3.63) is 64.7 Å². The lowest BCUT2D eigenvalue weighted by atomic mass is 9.81. The third-order valence-corrected chi connectivity index (χ3v) is 8.76. The first-order chi connectivity index (χ1) is 21.3. The van der Waals surface area contributed by atoms with Crippen LogP contribution < -0.4 is 20.9 Å². The van der Waals surface area contributed by atoms with Gasteiger partial charge in [-0.15, -0.1) is 0 Å². The van der Waals surface area contributed by atoms with Crippen molar-refractivity contribution < 1.29 is 47.0 Å². The van der Waals surface area contributed by atoms with Crippen molar-refractivity contribution in [2.45, 2.75) is 57.0 Å². The third kappa shape index (κ3) is 6.82. The van der Waals surface area contributed by atoms with E-state index < -0.39 is 54.5 Å². The lowest BCUT2D eigenvalue weighted by Gasteiger charge is -2.52. The Balaban J connectivity index is 0.00000148. The topological polar surface area (TPSA) is 158 Å². The van der Waals surface area contributed by atoms with E-state index in [-0.39, 0.29) is 11.8 Å². The number of quaternary nitrogens is 1. The molecule has 15 heteroatoms. The highest BCUT2D eigenvalue weighted by atomic mass is 19.4. The van der Waals surface area contributed by atoms with E-state index in [1.165, 1.54) is 24.1 Å². The van der Waals surface area contributed by atoms with E-state index in [1.807, 2.05) is 0 Å². The predicted molar refractivity (Wildman–Crippen MR) is 151 cm³/mol. The number of piperidine rings is 1. The average molecular weight is 633 g/mol. The molecule has 3 fully saturated rings. The summed E-state index contributed by atoms with van der Waals surface area (Å²) in [6.45, 7) is 3.12. The van der Waals surface area contributed by atoms with Gasteiger partial charge in [-0.05, 0) is 42.8 Å². The van der Waals surface area contributed by atoms with E-state index in [2.05, 4.69) is 24.0 Å². The van der Waals surface area contributed by atoms with Crippen LogP contribution in [0.1, 0.15) is 48.1 Å². The van der Waals surface area contributed by atoms with Crippen molar-refractivity contribution in [2.75, 3.05) is 32.1 Å². The van der Waals surface area contributed by atoms with Crippen molar-refractivity contribution in [1.29, 1.82) is 5.26 Å². The Kier molecular flexibility index (Phi) is 9.91. The summed E-state index contributed by atoms with van der Waals surface area (Å²) in [5.74, 6) is -1.62. The number of fused-ring (bicyclic) bond motifs is 1. The fourth-order valence-corrected chi connectivity index (χ4v) is 6.56. The normalized spacial score (nSPS) is 27.8. The summed E-state index contributed by atoms with van der Waals surface area (Å²) in [5.41, 5.74) is 6.62. The van der Waals surface area contributed by atoms with Gasteiger partial charge in [-0.1, -0.05) is 12.1 Å². The molecule has 3 aliphatic heterocycles. The maximum Gasteiger partial charge on any atom is 0.416 e. The summed E-state index contributed by atoms with van der Waals surface area (Å²) < 4.78 is 46.7. The molecule has 2 aromatic rings. The van der Waals surface area contributed by atoms with Crippen LogP contribution >= 0.6 is 0 Å². The second-order valence-corrected chi connectivity index (χ2v) is 11.6. The molecule has 0 radical (unpaired) electrons. The van der Waals surface area contributed by atoms with Gasteiger partial charge in [-0.2, -0.15) is 23.9 Å². The molecule has 3 unspecified atom stereocenters. The molecule has 2 amide bonds. The van der Waals surface area contributed by atoms with Crippen molar-refractivity contribution in [3.63, 3.8) is 0 Å². The lowest BCUT2D eigenvalue weighted by Crippen LogP contribution is -2.65. The minimum absolute atomic E-state index is 0.175. The van der Waals surface area contributed by atoms with E-state index in [1.54, 1.807) is 30.0 Å². The van der Waals surface area contributed by atoms with Gasteiger partial charge in [-0.3, -0.25) is 15.1 Å². The van der Waals surface area contributed by atoms with Gasteiger partial charge in [0.05, 0.1) is 56.6 Å². The summed E-state index contributed by atoms with van der Waals surface area (Å²) >= 11 is 0. The number of nitrogens with one attached hydrogen (secondary N) is 2. The van der Waals surface area contributed by atoms with Crippen LogP contribution in [-0.2, 0) is 27.0 Å². The maximum absolute atomic E-state index is 13.6. The van der Waals surface area contributed by atoms with Gasteiger partial charge < -0.3 is 29.1 Å². The number of carbonyl (C=O) groups is 3. The number of anilines is 1. The zero-order chi connectivity index (χ0) is 33.1. The van der Waals surface area contributed by atoms with Crippen LogP contribution in [0.3, 0.4) is 0 Å². The number of methoxy groups -OCH3 is 1. The zero-order valence-corrected chi connectivity index (χ0v) is 25.0. The number of nitrogens with zero attached hydrogens (tertiary/aromatic N) is 4. The minimum Gasteiger partial charge on any atom is -0.554 e. The summed E-state index contributed by atoms with van der Waals surface area (Å²) in [7, 11) is 3.30. The molecule has 0 aliphatic carbocycles. The lowest BCUT2D eigenvalue weighted by molar-refractivity contribution is -0.928. The zero-order valence-electron chi connectivity index (χ0n) is 25.0. The van der Waals surface area contributed by atoms with Crippen molar-refractivity contribution in [1.82, 2.24) is 15.8 Å². The predicted octanol–water partition coefficient (Wildman–Crippen LogP) is 1.60. The quantitative estimate of drug-likeness (QED) is 0.253. The molecule has 0 aromatic heterocycles. The summed E-state index contributed by atoms with van der Waals surface area (Å²) in [4.78, 5) is 38.1. The first-order valence-electron chi connectivity index (χ1n) is 14.3. The van der Waals surface area contributed by atoms with Crippen molar-refractivity contribution >= 4 is 24.2 Å². The Morgan fingerprint density at radius 1 is 1.22 bits per heavy atom. The third-order valence-electron chi connectivity index (χ3n) is 8.76. The summed E-state index contributed by atoms with van der Waals surface area (Å²) in [5, 5.41) is 28.0. The number of aliphatic hydroxyl groups is 1. The number of aliphatic hydroxyl groups excluding tert-OH is 1. The number of carbonyl (C=O) groups excluding carboxylic acids is 3. The fraction of sp³-hybridized carbons (Fsp3) is 0.467. The number of nitriles is 1. The molecule has 4 atom stereocenters. The number of urea groups is 1.